The van der Waals surface area contributed by atoms with E-state index in [0.717, 1.165) is 5.56 Å². The van der Waals surface area contributed by atoms with E-state index in [1.165, 1.54) is 6.92 Å². The van der Waals surface area contributed by atoms with E-state index in [1.54, 1.807) is 13.8 Å². The third kappa shape index (κ3) is 6.19. The van der Waals surface area contributed by atoms with Gasteiger partial charge in [-0.15, -0.1) is 0 Å². The molecule has 7 nitrogen and oxygen atoms in total. The standard InChI is InChI=1S/C18H25NO6/c1-4-24-16(21)18(19-14(3)20,17(22)25-5-2)11-12-23-13-15-9-7-6-8-10-15/h6-10H,4-5,11-13H2,1-3H3,(H,19,20). The second kappa shape index (κ2) is 10.5. The van der Waals surface area contributed by atoms with Crippen LogP contribution in [0.2, 0.25) is 0 Å². The zero-order chi connectivity index (χ0) is 18.7. The number of esters is 2. The summed E-state index contributed by atoms with van der Waals surface area (Å²) in [7, 11) is 0. The van der Waals surface area contributed by atoms with Gasteiger partial charge < -0.3 is 19.5 Å². The molecule has 0 spiro atoms. The highest BCUT2D eigenvalue weighted by atomic mass is 16.6. The SMILES string of the molecule is CCOC(=O)C(CCOCc1ccccc1)(NC(C)=O)C(=O)OCC. The molecule has 0 aliphatic heterocycles. The van der Waals surface area contributed by atoms with Crippen LogP contribution < -0.4 is 5.32 Å². The Labute approximate surface area is 147 Å². The zero-order valence-electron chi connectivity index (χ0n) is 14.9. The minimum Gasteiger partial charge on any atom is -0.464 e. The average molecular weight is 351 g/mol. The molecule has 1 rings (SSSR count). The molecule has 1 N–H and O–H groups in total. The second-order valence-corrected chi connectivity index (χ2v) is 5.32. The van der Waals surface area contributed by atoms with Gasteiger partial charge in [-0.1, -0.05) is 30.3 Å². The number of carbonyl (C=O) groups is 3. The van der Waals surface area contributed by atoms with Crippen LogP contribution in [0.25, 0.3) is 0 Å². The van der Waals surface area contributed by atoms with Crippen molar-refractivity contribution >= 4 is 17.8 Å². The van der Waals surface area contributed by atoms with Gasteiger partial charge in [0.25, 0.3) is 0 Å². The van der Waals surface area contributed by atoms with Gasteiger partial charge in [-0.2, -0.15) is 0 Å². The Morgan fingerprint density at radius 3 is 2.04 bits per heavy atom. The van der Waals surface area contributed by atoms with Gasteiger partial charge >= 0.3 is 11.9 Å². The molecule has 0 fully saturated rings. The molecule has 1 amide bonds. The van der Waals surface area contributed by atoms with Crippen molar-refractivity contribution in [3.05, 3.63) is 35.9 Å². The molecule has 0 unspecified atom stereocenters. The van der Waals surface area contributed by atoms with Gasteiger partial charge in [-0.3, -0.25) is 4.79 Å². The molecule has 0 aromatic heterocycles. The third-order valence-corrected chi connectivity index (χ3v) is 3.37. The van der Waals surface area contributed by atoms with Gasteiger partial charge in [0, 0.05) is 13.3 Å². The number of nitrogens with one attached hydrogen (secondary N) is 1. The molecule has 0 saturated carbocycles. The zero-order valence-corrected chi connectivity index (χ0v) is 14.9. The van der Waals surface area contributed by atoms with Gasteiger partial charge in [0.1, 0.15) is 0 Å². The highest BCUT2D eigenvalue weighted by Crippen LogP contribution is 2.17. The maximum atomic E-state index is 12.4. The Kier molecular flexibility index (Phi) is 8.63. The number of amides is 1. The van der Waals surface area contributed by atoms with Gasteiger partial charge in [0.2, 0.25) is 11.4 Å². The highest BCUT2D eigenvalue weighted by Gasteiger charge is 2.49. The van der Waals surface area contributed by atoms with Crippen molar-refractivity contribution in [2.24, 2.45) is 0 Å². The molecule has 0 radical (unpaired) electrons. The van der Waals surface area contributed by atoms with Crippen molar-refractivity contribution in [3.8, 4) is 0 Å². The van der Waals surface area contributed by atoms with Crippen LogP contribution >= 0.6 is 0 Å². The highest BCUT2D eigenvalue weighted by molar-refractivity contribution is 6.07. The predicted octanol–water partition coefficient (Wildman–Crippen LogP) is 1.59. The number of hydrogen-bond donors (Lipinski definition) is 1. The summed E-state index contributed by atoms with van der Waals surface area (Å²) in [6.45, 7) is 4.99. The second-order valence-electron chi connectivity index (χ2n) is 5.32. The lowest BCUT2D eigenvalue weighted by Gasteiger charge is -2.29. The number of carbonyl (C=O) groups excluding carboxylic acids is 3. The lowest BCUT2D eigenvalue weighted by Crippen LogP contribution is -2.61. The minimum atomic E-state index is -1.91. The topological polar surface area (TPSA) is 90.9 Å². The lowest BCUT2D eigenvalue weighted by molar-refractivity contribution is -0.169. The van der Waals surface area contributed by atoms with Crippen molar-refractivity contribution in [1.29, 1.82) is 0 Å². The fourth-order valence-electron chi connectivity index (χ4n) is 2.25. The van der Waals surface area contributed by atoms with Crippen molar-refractivity contribution < 1.29 is 28.6 Å². The first kappa shape index (κ1) is 20.6. The maximum Gasteiger partial charge on any atom is 0.343 e. The summed E-state index contributed by atoms with van der Waals surface area (Å²) in [5, 5.41) is 2.39. The van der Waals surface area contributed by atoms with Crippen LogP contribution in [0.5, 0.6) is 0 Å². The first-order chi connectivity index (χ1) is 12.0. The predicted molar refractivity (Wildman–Crippen MR) is 90.5 cm³/mol. The molecule has 1 aromatic carbocycles. The Morgan fingerprint density at radius 2 is 1.56 bits per heavy atom. The third-order valence-electron chi connectivity index (χ3n) is 3.37. The monoisotopic (exact) mass is 351 g/mol. The lowest BCUT2D eigenvalue weighted by atomic mass is 9.95. The van der Waals surface area contributed by atoms with E-state index in [2.05, 4.69) is 5.32 Å². The molecule has 1 aromatic rings. The maximum absolute atomic E-state index is 12.4. The van der Waals surface area contributed by atoms with E-state index in [1.807, 2.05) is 30.3 Å². The number of benzene rings is 1. The molecule has 0 heterocycles. The summed E-state index contributed by atoms with van der Waals surface area (Å²) in [5.41, 5.74) is -0.950. The Hall–Kier alpha value is -2.41. The normalized spacial score (nSPS) is 10.8. The summed E-state index contributed by atoms with van der Waals surface area (Å²) in [5.74, 6) is -2.25. The number of hydrogen-bond acceptors (Lipinski definition) is 6. The number of ether oxygens (including phenoxy) is 3. The summed E-state index contributed by atoms with van der Waals surface area (Å²) < 4.78 is 15.5. The summed E-state index contributed by atoms with van der Waals surface area (Å²) in [4.78, 5) is 36.3. The van der Waals surface area contributed by atoms with E-state index < -0.39 is 23.4 Å². The Morgan fingerprint density at radius 1 is 1.00 bits per heavy atom. The van der Waals surface area contributed by atoms with Crippen LogP contribution in [0.15, 0.2) is 30.3 Å². The first-order valence-corrected chi connectivity index (χ1v) is 8.21. The molecule has 0 atom stereocenters. The smallest absolute Gasteiger partial charge is 0.343 e. The van der Waals surface area contributed by atoms with E-state index in [-0.39, 0.29) is 26.2 Å². The van der Waals surface area contributed by atoms with Crippen LogP contribution in [0, 0.1) is 0 Å². The van der Waals surface area contributed by atoms with Crippen LogP contribution in [0.3, 0.4) is 0 Å². The largest absolute Gasteiger partial charge is 0.464 e. The van der Waals surface area contributed by atoms with Gasteiger partial charge in [0.05, 0.1) is 26.4 Å². The van der Waals surface area contributed by atoms with Crippen molar-refractivity contribution in [3.63, 3.8) is 0 Å². The van der Waals surface area contributed by atoms with E-state index in [4.69, 9.17) is 14.2 Å². The van der Waals surface area contributed by atoms with Crippen LogP contribution in [0.4, 0.5) is 0 Å². The molecule has 7 heteroatoms. The molecule has 0 bridgehead atoms. The van der Waals surface area contributed by atoms with E-state index in [0.29, 0.717) is 6.61 Å². The summed E-state index contributed by atoms with van der Waals surface area (Å²) >= 11 is 0. The van der Waals surface area contributed by atoms with Crippen LogP contribution in [-0.2, 0) is 35.2 Å². The molecule has 0 aliphatic carbocycles. The fraction of sp³-hybridized carbons (Fsp3) is 0.500. The van der Waals surface area contributed by atoms with Gasteiger partial charge in [-0.25, -0.2) is 9.59 Å². The van der Waals surface area contributed by atoms with E-state index in [9.17, 15) is 14.4 Å². The quantitative estimate of drug-likeness (QED) is 0.391. The minimum absolute atomic E-state index is 0.0623. The van der Waals surface area contributed by atoms with Crippen LogP contribution in [0.1, 0.15) is 32.8 Å². The van der Waals surface area contributed by atoms with Gasteiger partial charge in [0.15, 0.2) is 0 Å². The van der Waals surface area contributed by atoms with Crippen LogP contribution in [-0.4, -0.2) is 43.2 Å². The molecular weight excluding hydrogens is 326 g/mol. The summed E-state index contributed by atoms with van der Waals surface area (Å²) in [6, 6.07) is 9.47. The molecule has 0 saturated heterocycles. The fourth-order valence-corrected chi connectivity index (χ4v) is 2.25. The average Bonchev–Trinajstić information content (AvgIpc) is 2.58. The molecule has 0 aliphatic rings. The molecule has 25 heavy (non-hydrogen) atoms. The van der Waals surface area contributed by atoms with Gasteiger partial charge in [-0.05, 0) is 19.4 Å². The molecule has 138 valence electrons. The Bertz CT molecular complexity index is 554. The number of rotatable bonds is 10. The molecular formula is C18H25NO6. The van der Waals surface area contributed by atoms with Crippen molar-refractivity contribution in [2.75, 3.05) is 19.8 Å². The summed E-state index contributed by atoms with van der Waals surface area (Å²) in [6.07, 6.45) is -0.0862. The Balaban J connectivity index is 2.84. The van der Waals surface area contributed by atoms with Crippen molar-refractivity contribution in [2.45, 2.75) is 39.3 Å². The first-order valence-electron chi connectivity index (χ1n) is 8.21. The van der Waals surface area contributed by atoms with Crippen molar-refractivity contribution in [1.82, 2.24) is 5.32 Å². The van der Waals surface area contributed by atoms with E-state index >= 15 is 0 Å².